The Hall–Kier alpha value is -3.65. The zero-order chi connectivity index (χ0) is 26.6. The van der Waals surface area contributed by atoms with Crippen LogP contribution in [-0.4, -0.2) is 74.7 Å². The van der Waals surface area contributed by atoms with Crippen LogP contribution in [0.4, 0.5) is 11.4 Å². The predicted octanol–water partition coefficient (Wildman–Crippen LogP) is 3.62. The number of hydrogen-bond donors (Lipinski definition) is 0. The molecule has 1 fully saturated rings. The molecular formula is C30H35N3O5. The molecule has 0 spiro atoms. The summed E-state index contributed by atoms with van der Waals surface area (Å²) in [5, 5.41) is 0. The van der Waals surface area contributed by atoms with Crippen molar-refractivity contribution >= 4 is 29.2 Å². The molecule has 1 amide bonds. The smallest absolute Gasteiger partial charge is 0.338 e. The first-order valence-corrected chi connectivity index (χ1v) is 13.5. The molecule has 8 nitrogen and oxygen atoms in total. The van der Waals surface area contributed by atoms with Gasteiger partial charge in [0.25, 0.3) is 0 Å². The summed E-state index contributed by atoms with van der Waals surface area (Å²) in [7, 11) is 0. The number of carbonyl (C=O) groups is 3. The van der Waals surface area contributed by atoms with Gasteiger partial charge in [-0.3, -0.25) is 14.6 Å². The molecule has 1 saturated heterocycles. The maximum absolute atomic E-state index is 14.0. The minimum atomic E-state index is -0.714. The maximum atomic E-state index is 14.0. The summed E-state index contributed by atoms with van der Waals surface area (Å²) in [6.45, 7) is 7.45. The van der Waals surface area contributed by atoms with Gasteiger partial charge in [0.2, 0.25) is 5.91 Å². The predicted molar refractivity (Wildman–Crippen MR) is 145 cm³/mol. The summed E-state index contributed by atoms with van der Waals surface area (Å²) in [5.41, 5.74) is 3.17. The number of piperazine rings is 1. The van der Waals surface area contributed by atoms with E-state index in [0.29, 0.717) is 17.7 Å². The molecule has 8 heteroatoms. The van der Waals surface area contributed by atoms with Gasteiger partial charge in [0, 0.05) is 49.4 Å². The highest BCUT2D eigenvalue weighted by molar-refractivity contribution is 6.03. The Bertz CT molecular complexity index is 1210. The van der Waals surface area contributed by atoms with Crippen molar-refractivity contribution < 1.29 is 23.9 Å². The van der Waals surface area contributed by atoms with E-state index in [1.165, 1.54) is 5.69 Å². The van der Waals surface area contributed by atoms with Crippen molar-refractivity contribution in [2.75, 3.05) is 55.7 Å². The lowest BCUT2D eigenvalue weighted by molar-refractivity contribution is -0.147. The van der Waals surface area contributed by atoms with E-state index in [-0.39, 0.29) is 43.5 Å². The van der Waals surface area contributed by atoms with E-state index < -0.39 is 12.0 Å². The molecule has 200 valence electrons. The van der Waals surface area contributed by atoms with E-state index in [1.807, 2.05) is 24.3 Å². The van der Waals surface area contributed by atoms with Crippen molar-refractivity contribution in [1.82, 2.24) is 4.90 Å². The monoisotopic (exact) mass is 517 g/mol. The van der Waals surface area contributed by atoms with Crippen molar-refractivity contribution in [1.29, 1.82) is 0 Å². The van der Waals surface area contributed by atoms with Crippen LogP contribution in [0, 0.1) is 5.92 Å². The summed E-state index contributed by atoms with van der Waals surface area (Å²) in [5.74, 6) is -1.12. The highest BCUT2D eigenvalue weighted by Gasteiger charge is 2.48. The summed E-state index contributed by atoms with van der Waals surface area (Å²) >= 11 is 0. The van der Waals surface area contributed by atoms with E-state index in [9.17, 15) is 14.4 Å². The second kappa shape index (κ2) is 11.4. The Morgan fingerprint density at radius 3 is 2.37 bits per heavy atom. The van der Waals surface area contributed by atoms with Gasteiger partial charge in [-0.2, -0.15) is 0 Å². The van der Waals surface area contributed by atoms with Crippen LogP contribution in [0.3, 0.4) is 0 Å². The summed E-state index contributed by atoms with van der Waals surface area (Å²) < 4.78 is 10.7. The van der Waals surface area contributed by atoms with Gasteiger partial charge in [0.05, 0.1) is 25.3 Å². The topological polar surface area (TPSA) is 79.4 Å². The van der Waals surface area contributed by atoms with E-state index in [0.717, 1.165) is 31.7 Å². The fourth-order valence-electron chi connectivity index (χ4n) is 5.92. The first-order chi connectivity index (χ1) is 18.5. The van der Waals surface area contributed by atoms with Gasteiger partial charge in [-0.1, -0.05) is 30.4 Å². The molecule has 0 aromatic heterocycles. The number of para-hydroxylation sites is 1. The Kier molecular flexibility index (Phi) is 7.79. The normalized spacial score (nSPS) is 22.5. The van der Waals surface area contributed by atoms with Crippen molar-refractivity contribution in [2.24, 2.45) is 5.92 Å². The third-order valence-corrected chi connectivity index (χ3v) is 7.70. The van der Waals surface area contributed by atoms with E-state index in [2.05, 4.69) is 34.1 Å². The van der Waals surface area contributed by atoms with Crippen LogP contribution in [0.2, 0.25) is 0 Å². The van der Waals surface area contributed by atoms with E-state index in [4.69, 9.17) is 9.47 Å². The van der Waals surface area contributed by atoms with Crippen LogP contribution < -0.4 is 9.80 Å². The molecule has 2 aromatic carbocycles. The van der Waals surface area contributed by atoms with Gasteiger partial charge in [-0.15, -0.1) is 0 Å². The van der Waals surface area contributed by atoms with Crippen LogP contribution in [0.5, 0.6) is 0 Å². The molecule has 3 aliphatic rings. The number of esters is 2. The number of amides is 1. The highest BCUT2D eigenvalue weighted by Crippen LogP contribution is 2.48. The second-order valence-corrected chi connectivity index (χ2v) is 9.91. The minimum absolute atomic E-state index is 0.0766. The number of fused-ring (bicyclic) bond motifs is 3. The number of hydrogen-bond acceptors (Lipinski definition) is 7. The average Bonchev–Trinajstić information content (AvgIpc) is 3.43. The fraction of sp³-hybridized carbons (Fsp3) is 0.433. The molecule has 2 heterocycles. The summed E-state index contributed by atoms with van der Waals surface area (Å²) in [6.07, 6.45) is 4.80. The number of benzene rings is 2. The summed E-state index contributed by atoms with van der Waals surface area (Å²) in [4.78, 5) is 45.8. The van der Waals surface area contributed by atoms with Crippen LogP contribution in [-0.2, 0) is 19.1 Å². The van der Waals surface area contributed by atoms with Gasteiger partial charge in [-0.05, 0) is 56.2 Å². The van der Waals surface area contributed by atoms with Crippen molar-refractivity contribution in [2.45, 2.75) is 32.2 Å². The average molecular weight is 518 g/mol. The van der Waals surface area contributed by atoms with E-state index >= 15 is 0 Å². The van der Waals surface area contributed by atoms with E-state index in [1.54, 1.807) is 30.9 Å². The lowest BCUT2D eigenvalue weighted by atomic mass is 9.77. The number of carbonyl (C=O) groups excluding carboxylic acids is 3. The molecule has 3 atom stereocenters. The highest BCUT2D eigenvalue weighted by atomic mass is 16.5. The van der Waals surface area contributed by atoms with Gasteiger partial charge in [0.15, 0.2) is 0 Å². The lowest BCUT2D eigenvalue weighted by Crippen LogP contribution is -2.57. The zero-order valence-electron chi connectivity index (χ0n) is 22.0. The standard InChI is InChI=1S/C30H35N3O5/c1-3-37-29(35)21-13-14-26-25(19-21)23-11-8-12-24(23)28(30(36)38-4-2)33(26)27(34)20-31-15-17-32(18-16-31)22-9-6-5-7-10-22/h5-11,13-14,19,23-24,28H,3-4,12,15-18,20H2,1-2H3. The molecule has 0 saturated carbocycles. The number of nitrogens with zero attached hydrogens (tertiary/aromatic N) is 3. The van der Waals surface area contributed by atoms with Crippen LogP contribution in [0.15, 0.2) is 60.7 Å². The molecule has 0 N–H and O–H groups in total. The first-order valence-electron chi connectivity index (χ1n) is 13.5. The fourth-order valence-corrected chi connectivity index (χ4v) is 5.92. The van der Waals surface area contributed by atoms with Crippen LogP contribution >= 0.6 is 0 Å². The van der Waals surface area contributed by atoms with Crippen molar-refractivity contribution in [3.8, 4) is 0 Å². The SMILES string of the molecule is CCOC(=O)c1ccc2c(c1)C1C=CCC1C(C(=O)OCC)N2C(=O)CN1CCN(c2ccccc2)CC1. The minimum Gasteiger partial charge on any atom is -0.464 e. The third kappa shape index (κ3) is 5.05. The Labute approximate surface area is 223 Å². The molecule has 2 aromatic rings. The maximum Gasteiger partial charge on any atom is 0.338 e. The second-order valence-electron chi connectivity index (χ2n) is 9.91. The number of rotatable bonds is 7. The number of ether oxygens (including phenoxy) is 2. The molecule has 3 unspecified atom stereocenters. The lowest BCUT2D eigenvalue weighted by Gasteiger charge is -2.44. The summed E-state index contributed by atoms with van der Waals surface area (Å²) in [6, 6.07) is 14.8. The first kappa shape index (κ1) is 26.0. The Morgan fingerprint density at radius 2 is 1.66 bits per heavy atom. The van der Waals surface area contributed by atoms with Gasteiger partial charge < -0.3 is 14.4 Å². The van der Waals surface area contributed by atoms with Crippen LogP contribution in [0.1, 0.15) is 42.1 Å². The Balaban J connectivity index is 1.41. The zero-order valence-corrected chi connectivity index (χ0v) is 22.0. The molecule has 5 rings (SSSR count). The molecule has 38 heavy (non-hydrogen) atoms. The van der Waals surface area contributed by atoms with Gasteiger partial charge in [-0.25, -0.2) is 9.59 Å². The molecule has 0 radical (unpaired) electrons. The molecule has 2 aliphatic heterocycles. The number of allylic oxidation sites excluding steroid dienone is 2. The third-order valence-electron chi connectivity index (χ3n) is 7.70. The molecule has 1 aliphatic carbocycles. The largest absolute Gasteiger partial charge is 0.464 e. The van der Waals surface area contributed by atoms with Gasteiger partial charge in [0.1, 0.15) is 6.04 Å². The number of anilines is 2. The Morgan fingerprint density at radius 1 is 0.921 bits per heavy atom. The van der Waals surface area contributed by atoms with Crippen molar-refractivity contribution in [3.05, 3.63) is 71.8 Å². The van der Waals surface area contributed by atoms with Crippen molar-refractivity contribution in [3.63, 3.8) is 0 Å². The molecule has 0 bridgehead atoms. The van der Waals surface area contributed by atoms with Crippen LogP contribution in [0.25, 0.3) is 0 Å². The quantitative estimate of drug-likeness (QED) is 0.410. The van der Waals surface area contributed by atoms with Gasteiger partial charge >= 0.3 is 11.9 Å². The molecular weight excluding hydrogens is 482 g/mol.